The maximum absolute atomic E-state index is 6.09. The van der Waals surface area contributed by atoms with Gasteiger partial charge in [0.05, 0.1) is 6.04 Å². The number of nitrogens with one attached hydrogen (secondary N) is 1. The molecule has 0 bridgehead atoms. The summed E-state index contributed by atoms with van der Waals surface area (Å²) in [4.78, 5) is 0. The third-order valence-electron chi connectivity index (χ3n) is 5.36. The second-order valence-electron chi connectivity index (χ2n) is 7.47. The van der Waals surface area contributed by atoms with Crippen LogP contribution in [0.25, 0.3) is 10.8 Å². The van der Waals surface area contributed by atoms with E-state index in [1.54, 1.807) is 0 Å². The lowest BCUT2D eigenvalue weighted by molar-refractivity contribution is 0.519. The molecule has 0 saturated heterocycles. The van der Waals surface area contributed by atoms with E-state index in [0.29, 0.717) is 0 Å². The maximum atomic E-state index is 6.09. The van der Waals surface area contributed by atoms with Crippen LogP contribution < -0.4 is 11.1 Å². The Morgan fingerprint density at radius 2 is 1.46 bits per heavy atom. The molecule has 2 heteroatoms. The van der Waals surface area contributed by atoms with Crippen LogP contribution >= 0.6 is 0 Å². The Bertz CT molecular complexity index is 1080. The molecule has 0 heterocycles. The minimum atomic E-state index is 0.0677. The Kier molecular flexibility index (Phi) is 5.14. The number of nitrogen functional groups attached to an aromatic ring is 1. The molecule has 0 saturated carbocycles. The second-order valence-corrected chi connectivity index (χ2v) is 7.47. The van der Waals surface area contributed by atoms with E-state index in [0.717, 1.165) is 5.69 Å². The highest BCUT2D eigenvalue weighted by Crippen LogP contribution is 2.30. The highest BCUT2D eigenvalue weighted by atomic mass is 14.9. The normalized spacial score (nSPS) is 13.4. The molecule has 4 aromatic carbocycles. The summed E-state index contributed by atoms with van der Waals surface area (Å²) in [6.45, 7) is 4.35. The van der Waals surface area contributed by atoms with Gasteiger partial charge >= 0.3 is 0 Å². The molecule has 4 aromatic rings. The van der Waals surface area contributed by atoms with Crippen LogP contribution in [0.15, 0.2) is 91.0 Å². The molecule has 0 aliphatic rings. The van der Waals surface area contributed by atoms with Gasteiger partial charge in [-0.25, -0.2) is 0 Å². The van der Waals surface area contributed by atoms with Crippen LogP contribution in [0.1, 0.15) is 41.3 Å². The molecule has 0 radical (unpaired) electrons. The Labute approximate surface area is 167 Å². The zero-order valence-electron chi connectivity index (χ0n) is 16.4. The van der Waals surface area contributed by atoms with E-state index in [9.17, 15) is 0 Å². The van der Waals surface area contributed by atoms with Gasteiger partial charge in [0, 0.05) is 11.7 Å². The van der Waals surface area contributed by atoms with E-state index >= 15 is 0 Å². The van der Waals surface area contributed by atoms with Gasteiger partial charge in [0.1, 0.15) is 0 Å². The zero-order valence-corrected chi connectivity index (χ0v) is 16.4. The highest BCUT2D eigenvalue weighted by Gasteiger charge is 2.19. The quantitative estimate of drug-likeness (QED) is 0.414. The van der Waals surface area contributed by atoms with Crippen LogP contribution in [-0.2, 0) is 0 Å². The molecule has 3 N–H and O–H groups in total. The van der Waals surface area contributed by atoms with Crippen molar-refractivity contribution in [2.24, 2.45) is 0 Å². The molecule has 0 spiro atoms. The predicted molar refractivity (Wildman–Crippen MR) is 119 cm³/mol. The second kappa shape index (κ2) is 7.87. The van der Waals surface area contributed by atoms with Gasteiger partial charge in [-0.05, 0) is 53.4 Å². The first-order chi connectivity index (χ1) is 13.6. The van der Waals surface area contributed by atoms with Gasteiger partial charge in [0.15, 0.2) is 0 Å². The summed E-state index contributed by atoms with van der Waals surface area (Å²) in [6, 6.07) is 32.2. The largest absolute Gasteiger partial charge is 0.399 e. The third-order valence-corrected chi connectivity index (χ3v) is 5.36. The lowest BCUT2D eigenvalue weighted by Crippen LogP contribution is -2.26. The molecule has 0 amide bonds. The standard InChI is InChI=1S/C26H26N2/c1-18-13-15-21(16-14-18)26(22-9-5-10-23(27)17-22)28-19(2)24-12-6-8-20-7-3-4-11-25(20)24/h3-17,19,26,28H,27H2,1-2H3/t19-,26?/m1/s1. The fraction of sp³-hybridized carbons (Fsp3) is 0.154. The van der Waals surface area contributed by atoms with Gasteiger partial charge in [0.25, 0.3) is 0 Å². The first-order valence-corrected chi connectivity index (χ1v) is 9.77. The van der Waals surface area contributed by atoms with Crippen molar-refractivity contribution in [1.29, 1.82) is 0 Å². The number of aryl methyl sites for hydroxylation is 1. The van der Waals surface area contributed by atoms with Crippen molar-refractivity contribution in [1.82, 2.24) is 5.32 Å². The molecule has 2 nitrogen and oxygen atoms in total. The predicted octanol–water partition coefficient (Wildman–Crippen LogP) is 6.17. The summed E-state index contributed by atoms with van der Waals surface area (Å²) in [5.74, 6) is 0. The van der Waals surface area contributed by atoms with E-state index in [-0.39, 0.29) is 12.1 Å². The SMILES string of the molecule is Cc1ccc(C(N[C@H](C)c2cccc3ccccc23)c2cccc(N)c2)cc1. The lowest BCUT2D eigenvalue weighted by atomic mass is 9.94. The molecular weight excluding hydrogens is 340 g/mol. The van der Waals surface area contributed by atoms with Gasteiger partial charge in [-0.15, -0.1) is 0 Å². The maximum Gasteiger partial charge on any atom is 0.0582 e. The fourth-order valence-corrected chi connectivity index (χ4v) is 3.85. The fourth-order valence-electron chi connectivity index (χ4n) is 3.85. The number of fused-ring (bicyclic) bond motifs is 1. The van der Waals surface area contributed by atoms with Crippen molar-refractivity contribution in [2.75, 3.05) is 5.73 Å². The lowest BCUT2D eigenvalue weighted by Gasteiger charge is -2.26. The number of rotatable bonds is 5. The molecule has 0 fully saturated rings. The molecule has 0 aliphatic heterocycles. The van der Waals surface area contributed by atoms with Crippen LogP contribution in [0.3, 0.4) is 0 Å². The van der Waals surface area contributed by atoms with Gasteiger partial charge in [-0.3, -0.25) is 5.32 Å². The average Bonchev–Trinajstić information content (AvgIpc) is 2.72. The summed E-state index contributed by atoms with van der Waals surface area (Å²) in [5, 5.41) is 6.41. The van der Waals surface area contributed by atoms with E-state index in [4.69, 9.17) is 5.73 Å². The van der Waals surface area contributed by atoms with Gasteiger partial charge in [-0.1, -0.05) is 84.4 Å². The highest BCUT2D eigenvalue weighted by molar-refractivity contribution is 5.86. The van der Waals surface area contributed by atoms with Crippen LogP contribution in [0.5, 0.6) is 0 Å². The first kappa shape index (κ1) is 18.3. The molecule has 1 unspecified atom stereocenters. The van der Waals surface area contributed by atoms with Gasteiger partial charge in [-0.2, -0.15) is 0 Å². The number of hydrogen-bond acceptors (Lipinski definition) is 2. The van der Waals surface area contributed by atoms with E-state index in [2.05, 4.69) is 98.0 Å². The Balaban J connectivity index is 1.73. The Morgan fingerprint density at radius 3 is 2.25 bits per heavy atom. The number of nitrogens with two attached hydrogens (primary N) is 1. The van der Waals surface area contributed by atoms with E-state index in [1.165, 1.54) is 33.0 Å². The summed E-state index contributed by atoms with van der Waals surface area (Å²) in [5.41, 5.74) is 11.9. The number of benzene rings is 4. The van der Waals surface area contributed by atoms with Crippen molar-refractivity contribution in [2.45, 2.75) is 25.9 Å². The number of hydrogen-bond donors (Lipinski definition) is 2. The monoisotopic (exact) mass is 366 g/mol. The van der Waals surface area contributed by atoms with E-state index < -0.39 is 0 Å². The molecule has 0 aromatic heterocycles. The topological polar surface area (TPSA) is 38.0 Å². The zero-order chi connectivity index (χ0) is 19.5. The summed E-state index contributed by atoms with van der Waals surface area (Å²) >= 11 is 0. The first-order valence-electron chi connectivity index (χ1n) is 9.77. The Hall–Kier alpha value is -3.10. The molecule has 140 valence electrons. The minimum absolute atomic E-state index is 0.0677. The summed E-state index contributed by atoms with van der Waals surface area (Å²) in [6.07, 6.45) is 0. The van der Waals surface area contributed by atoms with Crippen LogP contribution in [0.2, 0.25) is 0 Å². The van der Waals surface area contributed by atoms with Crippen molar-refractivity contribution in [3.05, 3.63) is 113 Å². The third kappa shape index (κ3) is 3.78. The molecule has 2 atom stereocenters. The summed E-state index contributed by atoms with van der Waals surface area (Å²) < 4.78 is 0. The molecular formula is C26H26N2. The molecule has 4 rings (SSSR count). The summed E-state index contributed by atoms with van der Waals surface area (Å²) in [7, 11) is 0. The van der Waals surface area contributed by atoms with Gasteiger partial charge < -0.3 is 5.73 Å². The number of anilines is 1. The molecule has 0 aliphatic carbocycles. The van der Waals surface area contributed by atoms with Crippen LogP contribution in [0, 0.1) is 6.92 Å². The average molecular weight is 367 g/mol. The smallest absolute Gasteiger partial charge is 0.0582 e. The van der Waals surface area contributed by atoms with Crippen molar-refractivity contribution >= 4 is 16.5 Å². The van der Waals surface area contributed by atoms with Crippen molar-refractivity contribution in [3.8, 4) is 0 Å². The molecule has 28 heavy (non-hydrogen) atoms. The van der Waals surface area contributed by atoms with Crippen molar-refractivity contribution < 1.29 is 0 Å². The van der Waals surface area contributed by atoms with Crippen LogP contribution in [-0.4, -0.2) is 0 Å². The van der Waals surface area contributed by atoms with E-state index in [1.807, 2.05) is 12.1 Å². The minimum Gasteiger partial charge on any atom is -0.399 e. The van der Waals surface area contributed by atoms with Crippen molar-refractivity contribution in [3.63, 3.8) is 0 Å². The van der Waals surface area contributed by atoms with Crippen LogP contribution in [0.4, 0.5) is 5.69 Å². The van der Waals surface area contributed by atoms with Gasteiger partial charge in [0.2, 0.25) is 0 Å². The Morgan fingerprint density at radius 1 is 0.750 bits per heavy atom.